The summed E-state index contributed by atoms with van der Waals surface area (Å²) in [6.07, 6.45) is 0.251. The first-order chi connectivity index (χ1) is 14.4. The molecule has 0 spiro atoms. The summed E-state index contributed by atoms with van der Waals surface area (Å²) < 4.78 is 10.9. The number of carbonyl (C=O) groups excluding carboxylic acids is 1. The topological polar surface area (TPSA) is 229 Å². The van der Waals surface area contributed by atoms with Gasteiger partial charge in [-0.1, -0.05) is 27.7 Å². The molecule has 196 valence electrons. The quantitative estimate of drug-likeness (QED) is 0.145. The molecule has 1 aliphatic rings. The molecule has 1 rings (SSSR count). The van der Waals surface area contributed by atoms with E-state index in [0.717, 1.165) is 6.29 Å². The molecule has 10 N–H and O–H groups in total. The molecule has 0 aromatic carbocycles. The summed E-state index contributed by atoms with van der Waals surface area (Å²) in [5.74, 6) is 0. The van der Waals surface area contributed by atoms with Gasteiger partial charge in [-0.2, -0.15) is 0 Å². The third-order valence-electron chi connectivity index (χ3n) is 4.87. The van der Waals surface area contributed by atoms with Crippen LogP contribution in [-0.2, 0) is 14.3 Å². The Morgan fingerprint density at radius 2 is 1.12 bits per heavy atom. The molecule has 0 aromatic heterocycles. The van der Waals surface area contributed by atoms with Crippen molar-refractivity contribution in [3.8, 4) is 0 Å². The normalized spacial score (nSPS) is 16.6. The van der Waals surface area contributed by atoms with E-state index in [2.05, 4.69) is 0 Å². The number of carbonyl (C=O) groups is 1. The summed E-state index contributed by atoms with van der Waals surface area (Å²) in [7, 11) is 0. The zero-order valence-electron chi connectivity index (χ0n) is 19.5. The van der Waals surface area contributed by atoms with Crippen molar-refractivity contribution in [3.63, 3.8) is 0 Å². The van der Waals surface area contributed by atoms with Gasteiger partial charge in [0.2, 0.25) is 0 Å². The minimum Gasteiger partial charge on any atom is -0.412 e. The first kappa shape index (κ1) is 35.8. The second-order valence-electron chi connectivity index (χ2n) is 9.31. The minimum atomic E-state index is -1.11. The van der Waals surface area contributed by atoms with Crippen molar-refractivity contribution in [2.24, 2.45) is 21.7 Å². The van der Waals surface area contributed by atoms with Crippen LogP contribution in [0.5, 0.6) is 0 Å². The van der Waals surface area contributed by atoms with Crippen LogP contribution in [-0.4, -0.2) is 125 Å². The van der Waals surface area contributed by atoms with Gasteiger partial charge in [0, 0.05) is 10.8 Å². The molecule has 12 nitrogen and oxygen atoms in total. The van der Waals surface area contributed by atoms with E-state index in [1.807, 2.05) is 13.8 Å². The monoisotopic (exact) mass is 476 g/mol. The maximum absolute atomic E-state index is 9.90. The average molecular weight is 477 g/mol. The Balaban J connectivity index is -0.000000426. The van der Waals surface area contributed by atoms with E-state index in [0.29, 0.717) is 0 Å². The van der Waals surface area contributed by atoms with E-state index in [-0.39, 0.29) is 45.1 Å². The van der Waals surface area contributed by atoms with Crippen LogP contribution in [0.2, 0.25) is 0 Å². The molecule has 0 unspecified atom stereocenters. The largest absolute Gasteiger partial charge is 0.412 e. The molecule has 32 heavy (non-hydrogen) atoms. The van der Waals surface area contributed by atoms with Crippen LogP contribution in [0.4, 0.5) is 0 Å². The van der Waals surface area contributed by atoms with E-state index < -0.39 is 54.4 Å². The fourth-order valence-corrected chi connectivity index (χ4v) is 1.69. The Morgan fingerprint density at radius 3 is 1.28 bits per heavy atom. The Bertz CT molecular complexity index is 434. The molecular weight excluding hydrogens is 432 g/mol. The van der Waals surface area contributed by atoms with Gasteiger partial charge in [0.1, 0.15) is 6.29 Å². The molecule has 12 heteroatoms. The SMILES string of the molecule is CC(C)(C=O)CO.CC(C)(CO)C1OCC(CO)(CO)CO1.O.OCC(CO)(CO)CO. The lowest BCUT2D eigenvalue weighted by Crippen LogP contribution is -2.51. The number of aldehydes is 1. The summed E-state index contributed by atoms with van der Waals surface area (Å²) in [4.78, 5) is 9.90. The van der Waals surface area contributed by atoms with E-state index >= 15 is 0 Å². The number of ether oxygens (including phenoxy) is 2. The lowest BCUT2D eigenvalue weighted by atomic mass is 9.88. The number of hydrogen-bond donors (Lipinski definition) is 8. The molecule has 1 aliphatic heterocycles. The summed E-state index contributed by atoms with van der Waals surface area (Å²) >= 11 is 0. The Labute approximate surface area is 189 Å². The molecule has 0 amide bonds. The second-order valence-corrected chi connectivity index (χ2v) is 9.31. The molecule has 0 radical (unpaired) electrons. The van der Waals surface area contributed by atoms with Gasteiger partial charge in [0.25, 0.3) is 0 Å². The van der Waals surface area contributed by atoms with E-state index in [4.69, 9.17) is 50.3 Å². The van der Waals surface area contributed by atoms with Crippen molar-refractivity contribution >= 4 is 6.29 Å². The number of aliphatic hydroxyl groups is 8. The Kier molecular flexibility index (Phi) is 18.8. The molecular formula is C20H44O12. The van der Waals surface area contributed by atoms with Crippen LogP contribution in [0.15, 0.2) is 0 Å². The predicted octanol–water partition coefficient (Wildman–Crippen LogP) is -3.33. The number of rotatable bonds is 10. The first-order valence-electron chi connectivity index (χ1n) is 9.93. The van der Waals surface area contributed by atoms with E-state index in [1.54, 1.807) is 13.8 Å². The minimum absolute atomic E-state index is 0. The van der Waals surface area contributed by atoms with Crippen LogP contribution >= 0.6 is 0 Å². The van der Waals surface area contributed by atoms with Crippen molar-refractivity contribution in [3.05, 3.63) is 0 Å². The Morgan fingerprint density at radius 1 is 0.750 bits per heavy atom. The highest BCUT2D eigenvalue weighted by molar-refractivity contribution is 5.57. The fourth-order valence-electron chi connectivity index (χ4n) is 1.69. The van der Waals surface area contributed by atoms with E-state index in [9.17, 15) is 4.79 Å². The van der Waals surface area contributed by atoms with Crippen LogP contribution in [0.1, 0.15) is 27.7 Å². The predicted molar refractivity (Wildman–Crippen MR) is 114 cm³/mol. The standard InChI is InChI=1S/C10H20O5.C5H12O4.C5H10O2.H2O/c1-9(2,3-11)8-14-6-10(4-12,5-13)7-15-8;6-1-5(2-7,3-8)4-9;1-5(2,3-6)4-7;/h8,11-13H,3-7H2,1-2H3;6-9H,1-4H2;3,7H,4H2,1-2H3;1H2. The van der Waals surface area contributed by atoms with Gasteiger partial charge in [-0.05, 0) is 0 Å². The average Bonchev–Trinajstić information content (AvgIpc) is 2.81. The smallest absolute Gasteiger partial charge is 0.164 e. The van der Waals surface area contributed by atoms with Gasteiger partial charge < -0.3 is 60.6 Å². The second kappa shape index (κ2) is 16.8. The lowest BCUT2D eigenvalue weighted by Gasteiger charge is -2.42. The van der Waals surface area contributed by atoms with Gasteiger partial charge in [-0.25, -0.2) is 0 Å². The van der Waals surface area contributed by atoms with Gasteiger partial charge in [0.05, 0.1) is 76.9 Å². The summed E-state index contributed by atoms with van der Waals surface area (Å²) in [6, 6.07) is 0. The van der Waals surface area contributed by atoms with Crippen LogP contribution < -0.4 is 0 Å². The van der Waals surface area contributed by atoms with E-state index in [1.165, 1.54) is 0 Å². The van der Waals surface area contributed by atoms with Gasteiger partial charge >= 0.3 is 0 Å². The summed E-state index contributed by atoms with van der Waals surface area (Å²) in [5.41, 5.74) is -2.83. The van der Waals surface area contributed by atoms with Crippen molar-refractivity contribution in [1.82, 2.24) is 0 Å². The maximum atomic E-state index is 9.90. The van der Waals surface area contributed by atoms with Gasteiger partial charge in [0.15, 0.2) is 6.29 Å². The van der Waals surface area contributed by atoms with Crippen LogP contribution in [0.3, 0.4) is 0 Å². The van der Waals surface area contributed by atoms with Crippen molar-refractivity contribution in [1.29, 1.82) is 0 Å². The molecule has 1 saturated heterocycles. The summed E-state index contributed by atoms with van der Waals surface area (Å²) in [6.45, 7) is 5.44. The van der Waals surface area contributed by atoms with Crippen molar-refractivity contribution in [2.45, 2.75) is 34.0 Å². The molecule has 0 bridgehead atoms. The van der Waals surface area contributed by atoms with Gasteiger partial charge in [-0.15, -0.1) is 0 Å². The molecule has 0 aliphatic carbocycles. The van der Waals surface area contributed by atoms with Crippen molar-refractivity contribution < 1.29 is 60.6 Å². The highest BCUT2D eigenvalue weighted by Crippen LogP contribution is 2.32. The molecule has 0 saturated carbocycles. The maximum Gasteiger partial charge on any atom is 0.164 e. The zero-order valence-corrected chi connectivity index (χ0v) is 19.5. The van der Waals surface area contributed by atoms with Crippen LogP contribution in [0.25, 0.3) is 0 Å². The van der Waals surface area contributed by atoms with Crippen LogP contribution in [0, 0.1) is 21.7 Å². The van der Waals surface area contributed by atoms with Gasteiger partial charge in [-0.3, -0.25) is 0 Å². The fraction of sp³-hybridized carbons (Fsp3) is 0.950. The molecule has 1 fully saturated rings. The third-order valence-corrected chi connectivity index (χ3v) is 4.87. The Hall–Kier alpha value is -0.770. The first-order valence-corrected chi connectivity index (χ1v) is 9.93. The number of hydrogen-bond acceptors (Lipinski definition) is 11. The third kappa shape index (κ3) is 11.9. The van der Waals surface area contributed by atoms with Crippen molar-refractivity contribution in [2.75, 3.05) is 66.1 Å². The molecule has 0 aromatic rings. The lowest BCUT2D eigenvalue weighted by molar-refractivity contribution is -0.283. The zero-order chi connectivity index (χ0) is 24.8. The highest BCUT2D eigenvalue weighted by Gasteiger charge is 2.41. The molecule has 1 heterocycles. The number of aliphatic hydroxyl groups excluding tert-OH is 8. The molecule has 0 atom stereocenters. The summed E-state index contributed by atoms with van der Waals surface area (Å²) in [5, 5.41) is 69.7. The highest BCUT2D eigenvalue weighted by atomic mass is 16.7.